The highest BCUT2D eigenvalue weighted by Crippen LogP contribution is 2.48. The van der Waals surface area contributed by atoms with Crippen molar-refractivity contribution in [3.8, 4) is 33.9 Å². The third kappa shape index (κ3) is 8.88. The van der Waals surface area contributed by atoms with Gasteiger partial charge < -0.3 is 18.9 Å². The van der Waals surface area contributed by atoms with E-state index in [1.165, 1.54) is 38.1 Å². The Hall–Kier alpha value is -11.3. The molecule has 0 spiro atoms. The molecule has 0 saturated heterocycles. The number of nitrogens with zero attached hydrogens (tertiary/aromatic N) is 6. The third-order valence-corrected chi connectivity index (χ3v) is 17.6. The second-order valence-electron chi connectivity index (χ2n) is 22.7. The number of hydrogen-bond acceptors (Lipinski definition) is 4. The fraction of sp³-hybridized carbons (Fsp3) is 0.0370. The van der Waals surface area contributed by atoms with Crippen LogP contribution in [0.25, 0.3) is 83.1 Å². The average Bonchev–Trinajstić information content (AvgIpc) is 3.85. The van der Waals surface area contributed by atoms with Crippen LogP contribution < -0.4 is 9.80 Å². The van der Waals surface area contributed by atoms with Crippen LogP contribution in [0.1, 0.15) is 35.9 Å². The van der Waals surface area contributed by atoms with E-state index < -0.39 is 5.41 Å². The molecule has 0 N–H and O–H groups in total. The van der Waals surface area contributed by atoms with Gasteiger partial charge in [-0.1, -0.05) is 200 Å². The SMILES string of the molecule is CC1(c2ccccc2)CC=C(c2ccccc2)c2nc(-c3ccc(N(c4ccccc4)c4ccc5c(c4)c4ccccc4n5-c4ccccc4)cc3)c(-c3ccc(N(c4ccccc4)c4ccc5c(c4)c4ccccc4n5-c4ccccc4)cc3)nc21. The summed E-state index contributed by atoms with van der Waals surface area (Å²) in [4.78, 5) is 16.6. The molecule has 3 aromatic heterocycles. The van der Waals surface area contributed by atoms with Crippen LogP contribution in [0.2, 0.25) is 0 Å². The van der Waals surface area contributed by atoms with E-state index in [0.29, 0.717) is 0 Å². The number of benzene rings is 12. The predicted octanol–water partition coefficient (Wildman–Crippen LogP) is 21.1. The summed E-state index contributed by atoms with van der Waals surface area (Å²) in [7, 11) is 0. The number of hydrogen-bond donors (Lipinski definition) is 0. The minimum absolute atomic E-state index is 0.462. The van der Waals surface area contributed by atoms with Crippen LogP contribution in [0.15, 0.2) is 322 Å². The minimum Gasteiger partial charge on any atom is -0.310 e. The standard InChI is InChI=1S/C81H58N6/c1-81(59-26-10-3-11-27-59)53-52-68(56-24-8-2-9-25-56)79-80(81)83-78(58-42-46-65(47-43-58)85(61-30-14-5-15-31-61)67-49-51-76-72(55-67)70-37-21-23-39-74(70)87(76)63-34-18-7-19-35-63)77(82-79)57-40-44-64(45-41-57)84(60-28-12-4-13-29-60)66-48-50-75-71(54-66)69-36-20-22-38-73(69)86(75)62-32-16-6-17-33-62/h2-52,54-55H,53H2,1H3. The van der Waals surface area contributed by atoms with Crippen molar-refractivity contribution in [3.63, 3.8) is 0 Å². The molecule has 87 heavy (non-hydrogen) atoms. The van der Waals surface area contributed by atoms with Gasteiger partial charge in [0.25, 0.3) is 0 Å². The van der Waals surface area contributed by atoms with Gasteiger partial charge in [0.15, 0.2) is 0 Å². The Bertz CT molecular complexity index is 5040. The highest BCUT2D eigenvalue weighted by molar-refractivity contribution is 6.12. The van der Waals surface area contributed by atoms with Crippen molar-refractivity contribution >= 4 is 83.3 Å². The van der Waals surface area contributed by atoms with E-state index in [1.54, 1.807) is 0 Å². The quantitative estimate of drug-likeness (QED) is 0.122. The molecule has 6 heteroatoms. The van der Waals surface area contributed by atoms with Crippen LogP contribution in [0, 0.1) is 0 Å². The molecule has 0 saturated carbocycles. The number of aromatic nitrogens is 4. The molecule has 412 valence electrons. The van der Waals surface area contributed by atoms with Crippen molar-refractivity contribution in [2.24, 2.45) is 0 Å². The minimum atomic E-state index is -0.462. The second-order valence-corrected chi connectivity index (χ2v) is 22.7. The van der Waals surface area contributed by atoms with Crippen LogP contribution >= 0.6 is 0 Å². The van der Waals surface area contributed by atoms with Gasteiger partial charge in [-0.05, 0) is 146 Å². The second kappa shape index (κ2) is 21.4. The Morgan fingerprint density at radius 2 is 0.678 bits per heavy atom. The molecule has 1 unspecified atom stereocenters. The van der Waals surface area contributed by atoms with Crippen LogP contribution in [-0.4, -0.2) is 19.1 Å². The van der Waals surface area contributed by atoms with Gasteiger partial charge in [0, 0.05) is 89.2 Å². The Morgan fingerprint density at radius 1 is 0.310 bits per heavy atom. The molecule has 0 aliphatic heterocycles. The highest BCUT2D eigenvalue weighted by atomic mass is 15.1. The van der Waals surface area contributed by atoms with Gasteiger partial charge in [-0.2, -0.15) is 0 Å². The van der Waals surface area contributed by atoms with Crippen LogP contribution in [0.5, 0.6) is 0 Å². The first-order valence-electron chi connectivity index (χ1n) is 29.9. The lowest BCUT2D eigenvalue weighted by molar-refractivity contribution is 0.549. The van der Waals surface area contributed by atoms with Gasteiger partial charge in [-0.25, -0.2) is 9.97 Å². The zero-order chi connectivity index (χ0) is 57.8. The lowest BCUT2D eigenvalue weighted by Crippen LogP contribution is -2.30. The summed E-state index contributed by atoms with van der Waals surface area (Å²) in [5.41, 5.74) is 21.6. The number of allylic oxidation sites excluding steroid dienone is 1. The van der Waals surface area contributed by atoms with Crippen molar-refractivity contribution in [1.82, 2.24) is 19.1 Å². The Morgan fingerprint density at radius 3 is 1.15 bits per heavy atom. The molecule has 1 aliphatic carbocycles. The number of para-hydroxylation sites is 6. The third-order valence-electron chi connectivity index (χ3n) is 17.6. The zero-order valence-electron chi connectivity index (χ0n) is 48.0. The molecular formula is C81H58N6. The molecule has 12 aromatic carbocycles. The number of anilines is 6. The number of rotatable bonds is 12. The fourth-order valence-corrected chi connectivity index (χ4v) is 13.3. The molecule has 16 rings (SSSR count). The van der Waals surface area contributed by atoms with Gasteiger partial charge in [0.2, 0.25) is 0 Å². The summed E-state index contributed by atoms with van der Waals surface area (Å²) >= 11 is 0. The van der Waals surface area contributed by atoms with E-state index >= 15 is 0 Å². The molecule has 0 bridgehead atoms. The topological polar surface area (TPSA) is 42.1 Å². The molecule has 15 aromatic rings. The van der Waals surface area contributed by atoms with Crippen LogP contribution in [0.3, 0.4) is 0 Å². The summed E-state index contributed by atoms with van der Waals surface area (Å²) in [5, 5.41) is 4.79. The van der Waals surface area contributed by atoms with Crippen molar-refractivity contribution in [2.75, 3.05) is 9.80 Å². The first-order chi connectivity index (χ1) is 43.0. The average molecular weight is 1120 g/mol. The predicted molar refractivity (Wildman–Crippen MR) is 362 cm³/mol. The molecule has 6 nitrogen and oxygen atoms in total. The maximum Gasteiger partial charge on any atom is 0.0973 e. The first-order valence-corrected chi connectivity index (χ1v) is 29.9. The maximum atomic E-state index is 5.95. The largest absolute Gasteiger partial charge is 0.310 e. The molecule has 0 amide bonds. The highest BCUT2D eigenvalue weighted by Gasteiger charge is 2.38. The van der Waals surface area contributed by atoms with E-state index in [4.69, 9.17) is 9.97 Å². The van der Waals surface area contributed by atoms with E-state index in [2.05, 4.69) is 347 Å². The fourth-order valence-electron chi connectivity index (χ4n) is 13.3. The van der Waals surface area contributed by atoms with E-state index in [9.17, 15) is 0 Å². The molecule has 1 aliphatic rings. The summed E-state index contributed by atoms with van der Waals surface area (Å²) in [6.45, 7) is 2.33. The number of fused-ring (bicyclic) bond motifs is 7. The van der Waals surface area contributed by atoms with Gasteiger partial charge >= 0.3 is 0 Å². The van der Waals surface area contributed by atoms with Crippen LogP contribution in [-0.2, 0) is 5.41 Å². The molecular weight excluding hydrogens is 1060 g/mol. The van der Waals surface area contributed by atoms with Crippen LogP contribution in [0.4, 0.5) is 34.1 Å². The zero-order valence-corrected chi connectivity index (χ0v) is 48.0. The summed E-state index contributed by atoms with van der Waals surface area (Å²) in [5.74, 6) is 0. The normalized spacial score (nSPS) is 13.9. The van der Waals surface area contributed by atoms with E-state index in [0.717, 1.165) is 108 Å². The maximum absolute atomic E-state index is 5.95. The molecule has 3 heterocycles. The molecule has 1 atom stereocenters. The Balaban J connectivity index is 0.853. The van der Waals surface area contributed by atoms with Crippen molar-refractivity contribution in [2.45, 2.75) is 18.8 Å². The summed E-state index contributed by atoms with van der Waals surface area (Å²) in [6.07, 6.45) is 3.14. The van der Waals surface area contributed by atoms with Crippen molar-refractivity contribution in [3.05, 3.63) is 344 Å². The van der Waals surface area contributed by atoms with Crippen molar-refractivity contribution < 1.29 is 0 Å². The van der Waals surface area contributed by atoms with Gasteiger partial charge in [-0.15, -0.1) is 0 Å². The monoisotopic (exact) mass is 1110 g/mol. The van der Waals surface area contributed by atoms with Gasteiger partial charge in [0.1, 0.15) is 0 Å². The molecule has 0 radical (unpaired) electrons. The Labute approximate surface area is 506 Å². The Kier molecular flexibility index (Phi) is 12.6. The summed E-state index contributed by atoms with van der Waals surface area (Å²) in [6, 6.07) is 113. The molecule has 0 fully saturated rings. The van der Waals surface area contributed by atoms with E-state index in [-0.39, 0.29) is 0 Å². The summed E-state index contributed by atoms with van der Waals surface area (Å²) < 4.78 is 4.74. The lowest BCUT2D eigenvalue weighted by atomic mass is 9.71. The van der Waals surface area contributed by atoms with Crippen molar-refractivity contribution in [1.29, 1.82) is 0 Å². The van der Waals surface area contributed by atoms with Gasteiger partial charge in [0.05, 0.1) is 44.8 Å². The lowest BCUT2D eigenvalue weighted by Gasteiger charge is -2.35. The van der Waals surface area contributed by atoms with E-state index in [1.807, 2.05) is 0 Å². The van der Waals surface area contributed by atoms with Gasteiger partial charge in [-0.3, -0.25) is 0 Å². The first kappa shape index (κ1) is 51.3. The smallest absolute Gasteiger partial charge is 0.0973 e.